The van der Waals surface area contributed by atoms with E-state index < -0.39 is 0 Å². The first-order valence-electron chi connectivity index (χ1n) is 6.86. The molecule has 0 aromatic heterocycles. The Morgan fingerprint density at radius 2 is 1.76 bits per heavy atom. The third-order valence-corrected chi connectivity index (χ3v) is 2.83. The fourth-order valence-corrected chi connectivity index (χ4v) is 1.88. The highest BCUT2D eigenvalue weighted by Gasteiger charge is 2.02. The van der Waals surface area contributed by atoms with Crippen LogP contribution in [0.1, 0.15) is 18.1 Å². The second kappa shape index (κ2) is 7.98. The molecule has 0 aliphatic carbocycles. The maximum atomic E-state index is 8.79. The minimum atomic E-state index is -0.147. The summed E-state index contributed by atoms with van der Waals surface area (Å²) in [5.41, 5.74) is 1.85. The van der Waals surface area contributed by atoms with Gasteiger partial charge in [-0.1, -0.05) is 36.1 Å². The zero-order valence-corrected chi connectivity index (χ0v) is 12.0. The number of hydrogen-bond donors (Lipinski definition) is 1. The Labute approximate surface area is 125 Å². The molecule has 0 radical (unpaired) electrons. The van der Waals surface area contributed by atoms with Crippen LogP contribution in [0.2, 0.25) is 0 Å². The van der Waals surface area contributed by atoms with Crippen molar-refractivity contribution in [1.82, 2.24) is 0 Å². The van der Waals surface area contributed by atoms with Crippen LogP contribution >= 0.6 is 0 Å². The number of rotatable bonds is 5. The van der Waals surface area contributed by atoms with Gasteiger partial charge in [0, 0.05) is 17.2 Å². The summed E-state index contributed by atoms with van der Waals surface area (Å²) in [7, 11) is 0. The van der Waals surface area contributed by atoms with Crippen LogP contribution in [0.5, 0.6) is 11.5 Å². The van der Waals surface area contributed by atoms with Gasteiger partial charge >= 0.3 is 0 Å². The predicted octanol–water partition coefficient (Wildman–Crippen LogP) is 3.01. The number of hydrogen-bond acceptors (Lipinski definition) is 3. The molecule has 0 aliphatic heterocycles. The maximum Gasteiger partial charge on any atom is 0.123 e. The SMILES string of the molecule is CCOc1cccc(OCc2ccccc2C#CCO)c1. The monoisotopic (exact) mass is 282 g/mol. The lowest BCUT2D eigenvalue weighted by atomic mass is 10.1. The second-order valence-electron chi connectivity index (χ2n) is 4.31. The Morgan fingerprint density at radius 1 is 1.00 bits per heavy atom. The smallest absolute Gasteiger partial charge is 0.123 e. The minimum Gasteiger partial charge on any atom is -0.494 e. The molecule has 0 saturated carbocycles. The Balaban J connectivity index is 2.08. The zero-order valence-electron chi connectivity index (χ0n) is 12.0. The highest BCUT2D eigenvalue weighted by molar-refractivity contribution is 5.41. The van der Waals surface area contributed by atoms with E-state index in [4.69, 9.17) is 14.6 Å². The molecule has 108 valence electrons. The highest BCUT2D eigenvalue weighted by atomic mass is 16.5. The number of ether oxygens (including phenoxy) is 2. The van der Waals surface area contributed by atoms with E-state index in [0.29, 0.717) is 13.2 Å². The Kier molecular flexibility index (Phi) is 5.69. The quantitative estimate of drug-likeness (QED) is 0.857. The van der Waals surface area contributed by atoms with Gasteiger partial charge in [-0.25, -0.2) is 0 Å². The molecule has 0 fully saturated rings. The molecule has 0 bridgehead atoms. The van der Waals surface area contributed by atoms with Crippen LogP contribution in [0.25, 0.3) is 0 Å². The van der Waals surface area contributed by atoms with Gasteiger partial charge in [0.25, 0.3) is 0 Å². The van der Waals surface area contributed by atoms with Crippen molar-refractivity contribution in [2.75, 3.05) is 13.2 Å². The van der Waals surface area contributed by atoms with Gasteiger partial charge in [0.05, 0.1) is 6.61 Å². The number of benzene rings is 2. The molecule has 2 aromatic rings. The second-order valence-corrected chi connectivity index (χ2v) is 4.31. The van der Waals surface area contributed by atoms with E-state index in [2.05, 4.69) is 11.8 Å². The average Bonchev–Trinajstić information content (AvgIpc) is 2.52. The molecule has 0 atom stereocenters. The normalized spacial score (nSPS) is 9.62. The molecule has 1 N–H and O–H groups in total. The fraction of sp³-hybridized carbons (Fsp3) is 0.222. The van der Waals surface area contributed by atoms with Crippen LogP contribution in [0, 0.1) is 11.8 Å². The zero-order chi connectivity index (χ0) is 14.9. The maximum absolute atomic E-state index is 8.79. The third-order valence-electron chi connectivity index (χ3n) is 2.83. The van der Waals surface area contributed by atoms with Crippen molar-refractivity contribution in [3.05, 3.63) is 59.7 Å². The molecule has 0 saturated heterocycles. The van der Waals surface area contributed by atoms with Gasteiger partial charge in [-0.3, -0.25) is 0 Å². The van der Waals surface area contributed by atoms with Crippen LogP contribution in [0.15, 0.2) is 48.5 Å². The van der Waals surface area contributed by atoms with Crippen LogP contribution in [-0.4, -0.2) is 18.3 Å². The van der Waals surface area contributed by atoms with Crippen LogP contribution < -0.4 is 9.47 Å². The molecule has 2 rings (SSSR count). The highest BCUT2D eigenvalue weighted by Crippen LogP contribution is 2.21. The topological polar surface area (TPSA) is 38.7 Å². The molecule has 21 heavy (non-hydrogen) atoms. The van der Waals surface area contributed by atoms with Gasteiger partial charge < -0.3 is 14.6 Å². The molecule has 0 heterocycles. The summed E-state index contributed by atoms with van der Waals surface area (Å²) in [4.78, 5) is 0. The van der Waals surface area contributed by atoms with Gasteiger partial charge in [-0.05, 0) is 25.1 Å². The molecule has 0 aliphatic rings. The van der Waals surface area contributed by atoms with E-state index in [1.54, 1.807) is 0 Å². The number of aliphatic hydroxyl groups excluding tert-OH is 1. The van der Waals surface area contributed by atoms with Crippen LogP contribution in [-0.2, 0) is 6.61 Å². The van der Waals surface area contributed by atoms with E-state index in [0.717, 1.165) is 22.6 Å². The third kappa shape index (κ3) is 4.55. The van der Waals surface area contributed by atoms with E-state index >= 15 is 0 Å². The van der Waals surface area contributed by atoms with Crippen molar-refractivity contribution in [1.29, 1.82) is 0 Å². The summed E-state index contributed by atoms with van der Waals surface area (Å²) in [6.45, 7) is 2.85. The molecule has 0 spiro atoms. The summed E-state index contributed by atoms with van der Waals surface area (Å²) in [6, 6.07) is 15.3. The molecular formula is C18H18O3. The van der Waals surface area contributed by atoms with Gasteiger partial charge in [0.1, 0.15) is 24.7 Å². The number of aliphatic hydroxyl groups is 1. The van der Waals surface area contributed by atoms with Gasteiger partial charge in [0.2, 0.25) is 0 Å². The Bertz CT molecular complexity index is 638. The van der Waals surface area contributed by atoms with Crippen molar-refractivity contribution >= 4 is 0 Å². The first-order chi connectivity index (χ1) is 10.3. The standard InChI is InChI=1S/C18H18O3/c1-2-20-17-10-5-11-18(13-17)21-14-16-8-4-3-7-15(16)9-6-12-19/h3-5,7-8,10-11,13,19H,2,12,14H2,1H3. The van der Waals surface area contributed by atoms with E-state index in [9.17, 15) is 0 Å². The van der Waals surface area contributed by atoms with Crippen molar-refractivity contribution in [2.45, 2.75) is 13.5 Å². The Hall–Kier alpha value is -2.44. The molecule has 0 unspecified atom stereocenters. The summed E-state index contributed by atoms with van der Waals surface area (Å²) in [5.74, 6) is 7.14. The first-order valence-corrected chi connectivity index (χ1v) is 6.86. The Morgan fingerprint density at radius 3 is 2.52 bits per heavy atom. The van der Waals surface area contributed by atoms with E-state index in [1.807, 2.05) is 55.5 Å². The largest absolute Gasteiger partial charge is 0.494 e. The summed E-state index contributed by atoms with van der Waals surface area (Å²) < 4.78 is 11.2. The van der Waals surface area contributed by atoms with Gasteiger partial charge in [0.15, 0.2) is 0 Å². The van der Waals surface area contributed by atoms with Crippen LogP contribution in [0.3, 0.4) is 0 Å². The van der Waals surface area contributed by atoms with Gasteiger partial charge in [-0.2, -0.15) is 0 Å². The van der Waals surface area contributed by atoms with Crippen molar-refractivity contribution in [3.63, 3.8) is 0 Å². The molecule has 3 nitrogen and oxygen atoms in total. The predicted molar refractivity (Wildman–Crippen MR) is 82.3 cm³/mol. The van der Waals surface area contributed by atoms with Crippen molar-refractivity contribution in [2.24, 2.45) is 0 Å². The van der Waals surface area contributed by atoms with Gasteiger partial charge in [-0.15, -0.1) is 0 Å². The lowest BCUT2D eigenvalue weighted by Gasteiger charge is -2.09. The molecular weight excluding hydrogens is 264 g/mol. The van der Waals surface area contributed by atoms with Crippen molar-refractivity contribution < 1.29 is 14.6 Å². The lowest BCUT2D eigenvalue weighted by molar-refractivity contribution is 0.299. The molecule has 3 heteroatoms. The van der Waals surface area contributed by atoms with Crippen molar-refractivity contribution in [3.8, 4) is 23.3 Å². The first kappa shape index (κ1) is 15.0. The molecule has 0 amide bonds. The van der Waals surface area contributed by atoms with E-state index in [-0.39, 0.29) is 6.61 Å². The lowest BCUT2D eigenvalue weighted by Crippen LogP contribution is -1.99. The average molecular weight is 282 g/mol. The summed E-state index contributed by atoms with van der Waals surface area (Å²) in [5, 5.41) is 8.79. The van der Waals surface area contributed by atoms with Crippen LogP contribution in [0.4, 0.5) is 0 Å². The fourth-order valence-electron chi connectivity index (χ4n) is 1.88. The minimum absolute atomic E-state index is 0.147. The summed E-state index contributed by atoms with van der Waals surface area (Å²) in [6.07, 6.45) is 0. The van der Waals surface area contributed by atoms with E-state index in [1.165, 1.54) is 0 Å². The molecule has 2 aromatic carbocycles. The summed E-state index contributed by atoms with van der Waals surface area (Å²) >= 11 is 0.